The van der Waals surface area contributed by atoms with Crippen LogP contribution in [0.2, 0.25) is 0 Å². The van der Waals surface area contributed by atoms with Gasteiger partial charge in [0.1, 0.15) is 17.5 Å². The monoisotopic (exact) mass is 506 g/mol. The third kappa shape index (κ3) is 6.11. The van der Waals surface area contributed by atoms with Crippen molar-refractivity contribution in [2.24, 2.45) is 5.92 Å². The molecule has 3 atom stereocenters. The number of halogens is 1. The van der Waals surface area contributed by atoms with Crippen molar-refractivity contribution in [3.05, 3.63) is 78.0 Å². The second kappa shape index (κ2) is 11.5. The first-order chi connectivity index (χ1) is 17.8. The van der Waals surface area contributed by atoms with Crippen molar-refractivity contribution < 1.29 is 23.8 Å². The zero-order valence-corrected chi connectivity index (χ0v) is 21.2. The molecule has 0 radical (unpaired) electrons. The van der Waals surface area contributed by atoms with Crippen molar-refractivity contribution >= 4 is 11.8 Å². The number of carbonyl (C=O) groups excluding carboxylic acids is 2. The van der Waals surface area contributed by atoms with E-state index < -0.39 is 12.1 Å². The van der Waals surface area contributed by atoms with E-state index in [0.29, 0.717) is 23.4 Å². The molecule has 4 rings (SSSR count). The van der Waals surface area contributed by atoms with Gasteiger partial charge in [-0.15, -0.1) is 0 Å². The fourth-order valence-electron chi connectivity index (χ4n) is 4.28. The molecule has 1 aliphatic rings. The van der Waals surface area contributed by atoms with Gasteiger partial charge in [-0.1, -0.05) is 25.1 Å². The molecule has 0 spiro atoms. The minimum Gasteiger partial charge on any atom is -0.472 e. The van der Waals surface area contributed by atoms with Crippen LogP contribution >= 0.6 is 0 Å². The van der Waals surface area contributed by atoms with Crippen LogP contribution in [-0.2, 0) is 11.2 Å². The number of pyridine rings is 2. The lowest BCUT2D eigenvalue weighted by molar-refractivity contribution is -0.130. The normalized spacial score (nSPS) is 18.3. The van der Waals surface area contributed by atoms with Gasteiger partial charge in [0.05, 0.1) is 25.6 Å². The summed E-state index contributed by atoms with van der Waals surface area (Å²) in [5.41, 5.74) is 2.28. The summed E-state index contributed by atoms with van der Waals surface area (Å²) >= 11 is 0. The standard InChI is InChI=1S/C28H31FN4O4/c1-18-15-33(19(2)17-34)28(36)24-12-21(20-7-9-22(29)10-8-20)14-31-27(24)37-25(18)16-32(3)26(35)13-23-6-4-5-11-30-23/h4-12,14,18-19,25,34H,13,15-17H2,1-3H3/t18-,19+,25-/m1/s1. The number of likely N-dealkylation sites (N-methyl/N-ethyl adjacent to an activating group) is 1. The van der Waals surface area contributed by atoms with E-state index in [-0.39, 0.29) is 54.6 Å². The minimum absolute atomic E-state index is 0.104. The van der Waals surface area contributed by atoms with Crippen LogP contribution < -0.4 is 4.74 Å². The number of hydrogen-bond donors (Lipinski definition) is 1. The van der Waals surface area contributed by atoms with E-state index in [1.165, 1.54) is 12.1 Å². The maximum absolute atomic E-state index is 13.6. The highest BCUT2D eigenvalue weighted by molar-refractivity contribution is 5.98. The van der Waals surface area contributed by atoms with Crippen LogP contribution in [0.1, 0.15) is 29.9 Å². The Bertz CT molecular complexity index is 1240. The molecule has 0 unspecified atom stereocenters. The quantitative estimate of drug-likeness (QED) is 0.529. The van der Waals surface area contributed by atoms with Gasteiger partial charge in [-0.05, 0) is 42.8 Å². The molecule has 1 aliphatic heterocycles. The van der Waals surface area contributed by atoms with Crippen molar-refractivity contribution in [3.8, 4) is 17.0 Å². The molecule has 0 fully saturated rings. The number of amides is 2. The highest BCUT2D eigenvalue weighted by Gasteiger charge is 2.34. The first kappa shape index (κ1) is 26.2. The topological polar surface area (TPSA) is 95.9 Å². The summed E-state index contributed by atoms with van der Waals surface area (Å²) in [4.78, 5) is 38.4. The molecule has 1 aromatic carbocycles. The average Bonchev–Trinajstić information content (AvgIpc) is 2.91. The minimum atomic E-state index is -0.456. The molecular weight excluding hydrogens is 475 g/mol. The molecule has 0 saturated heterocycles. The molecule has 9 heteroatoms. The van der Waals surface area contributed by atoms with Crippen LogP contribution in [0.25, 0.3) is 11.1 Å². The number of fused-ring (bicyclic) bond motifs is 1. The Morgan fingerprint density at radius 3 is 2.65 bits per heavy atom. The summed E-state index contributed by atoms with van der Waals surface area (Å²) in [7, 11) is 1.71. The lowest BCUT2D eigenvalue weighted by Crippen LogP contribution is -2.50. The van der Waals surface area contributed by atoms with Crippen LogP contribution in [0.3, 0.4) is 0 Å². The van der Waals surface area contributed by atoms with Crippen LogP contribution in [-0.4, -0.2) is 75.6 Å². The Balaban J connectivity index is 1.63. The SMILES string of the molecule is C[C@@H]1CN([C@@H](C)CO)C(=O)c2cc(-c3ccc(F)cc3)cnc2O[C@@H]1CN(C)C(=O)Cc1ccccn1. The molecular formula is C28H31FN4O4. The van der Waals surface area contributed by atoms with E-state index in [1.54, 1.807) is 66.5 Å². The number of ether oxygens (including phenoxy) is 1. The molecule has 194 valence electrons. The third-order valence-corrected chi connectivity index (χ3v) is 6.64. The van der Waals surface area contributed by atoms with E-state index in [0.717, 1.165) is 0 Å². The number of rotatable bonds is 7. The van der Waals surface area contributed by atoms with Gasteiger partial charge in [-0.2, -0.15) is 0 Å². The summed E-state index contributed by atoms with van der Waals surface area (Å²) < 4.78 is 19.7. The summed E-state index contributed by atoms with van der Waals surface area (Å²) in [5.74, 6) is -0.766. The molecule has 0 saturated carbocycles. The van der Waals surface area contributed by atoms with Crippen molar-refractivity contribution in [1.82, 2.24) is 19.8 Å². The number of nitrogens with zero attached hydrogens (tertiary/aromatic N) is 4. The molecule has 1 N–H and O–H groups in total. The van der Waals surface area contributed by atoms with Crippen LogP contribution in [0.15, 0.2) is 60.9 Å². The van der Waals surface area contributed by atoms with Gasteiger partial charge in [-0.25, -0.2) is 9.37 Å². The predicted molar refractivity (Wildman–Crippen MR) is 136 cm³/mol. The second-order valence-corrected chi connectivity index (χ2v) is 9.48. The zero-order chi connectivity index (χ0) is 26.5. The maximum Gasteiger partial charge on any atom is 0.259 e. The number of aliphatic hydroxyl groups is 1. The predicted octanol–water partition coefficient (Wildman–Crippen LogP) is 3.20. The molecule has 37 heavy (non-hydrogen) atoms. The highest BCUT2D eigenvalue weighted by atomic mass is 19.1. The second-order valence-electron chi connectivity index (χ2n) is 9.48. The Labute approximate surface area is 215 Å². The lowest BCUT2D eigenvalue weighted by atomic mass is 9.99. The van der Waals surface area contributed by atoms with Gasteiger partial charge < -0.3 is 19.6 Å². The van der Waals surface area contributed by atoms with E-state index >= 15 is 0 Å². The lowest BCUT2D eigenvalue weighted by Gasteiger charge is -2.37. The Morgan fingerprint density at radius 1 is 1.22 bits per heavy atom. The number of benzene rings is 1. The highest BCUT2D eigenvalue weighted by Crippen LogP contribution is 2.30. The van der Waals surface area contributed by atoms with Crippen molar-refractivity contribution in [1.29, 1.82) is 0 Å². The van der Waals surface area contributed by atoms with Crippen molar-refractivity contribution in [2.45, 2.75) is 32.4 Å². The molecule has 0 bridgehead atoms. The fraction of sp³-hybridized carbons (Fsp3) is 0.357. The van der Waals surface area contributed by atoms with Gasteiger partial charge in [0.25, 0.3) is 5.91 Å². The number of aliphatic hydroxyl groups excluding tert-OH is 1. The van der Waals surface area contributed by atoms with Gasteiger partial charge in [0.15, 0.2) is 0 Å². The summed E-state index contributed by atoms with van der Waals surface area (Å²) in [5, 5.41) is 9.85. The number of carbonyl (C=O) groups is 2. The van der Waals surface area contributed by atoms with E-state index in [9.17, 15) is 19.1 Å². The van der Waals surface area contributed by atoms with Gasteiger partial charge in [-0.3, -0.25) is 14.6 Å². The van der Waals surface area contributed by atoms with Crippen LogP contribution in [0, 0.1) is 11.7 Å². The van der Waals surface area contributed by atoms with E-state index in [4.69, 9.17) is 4.74 Å². The van der Waals surface area contributed by atoms with Crippen LogP contribution in [0.5, 0.6) is 5.88 Å². The van der Waals surface area contributed by atoms with E-state index in [1.807, 2.05) is 13.0 Å². The smallest absolute Gasteiger partial charge is 0.259 e. The summed E-state index contributed by atoms with van der Waals surface area (Å²) in [6, 6.07) is 12.6. The molecule has 3 heterocycles. The van der Waals surface area contributed by atoms with E-state index in [2.05, 4.69) is 9.97 Å². The first-order valence-corrected chi connectivity index (χ1v) is 12.2. The Hall–Kier alpha value is -3.85. The van der Waals surface area contributed by atoms with Gasteiger partial charge >= 0.3 is 0 Å². The van der Waals surface area contributed by atoms with Crippen LogP contribution in [0.4, 0.5) is 4.39 Å². The van der Waals surface area contributed by atoms with Gasteiger partial charge in [0.2, 0.25) is 11.8 Å². The Morgan fingerprint density at radius 2 is 1.97 bits per heavy atom. The molecule has 3 aromatic rings. The zero-order valence-electron chi connectivity index (χ0n) is 21.2. The largest absolute Gasteiger partial charge is 0.472 e. The number of hydrogen-bond acceptors (Lipinski definition) is 6. The molecule has 2 amide bonds. The third-order valence-electron chi connectivity index (χ3n) is 6.64. The van der Waals surface area contributed by atoms with Crippen molar-refractivity contribution in [3.63, 3.8) is 0 Å². The molecule has 0 aliphatic carbocycles. The fourth-order valence-corrected chi connectivity index (χ4v) is 4.28. The molecule has 2 aromatic heterocycles. The summed E-state index contributed by atoms with van der Waals surface area (Å²) in [6.07, 6.45) is 2.94. The van der Waals surface area contributed by atoms with Crippen molar-refractivity contribution in [2.75, 3.05) is 26.7 Å². The maximum atomic E-state index is 13.6. The number of aromatic nitrogens is 2. The average molecular weight is 507 g/mol. The first-order valence-electron chi connectivity index (χ1n) is 12.2. The summed E-state index contributed by atoms with van der Waals surface area (Å²) in [6.45, 7) is 4.13. The Kier molecular flexibility index (Phi) is 8.13. The van der Waals surface area contributed by atoms with Gasteiger partial charge in [0, 0.05) is 43.2 Å². The molecule has 8 nitrogen and oxygen atoms in total.